The normalized spacial score (nSPS) is 10.1. The van der Waals surface area contributed by atoms with Crippen LogP contribution in [0.25, 0.3) is 33.6 Å². The molecule has 0 saturated carbocycles. The molecule has 0 aliphatic rings. The number of rotatable bonds is 5. The summed E-state index contributed by atoms with van der Waals surface area (Å²) in [5.74, 6) is 0. The molecule has 5 aromatic rings. The van der Waals surface area contributed by atoms with E-state index in [-0.39, 0.29) is 20.1 Å². The summed E-state index contributed by atoms with van der Waals surface area (Å²) in [6, 6.07) is 35.2. The Morgan fingerprint density at radius 2 is 1.42 bits per heavy atom. The van der Waals surface area contributed by atoms with Gasteiger partial charge in [-0.1, -0.05) is 65.7 Å². The maximum Gasteiger partial charge on any atom is 0.0982 e. The Balaban J connectivity index is 0.000000196. The molecule has 2 heterocycles. The Labute approximate surface area is 224 Å². The van der Waals surface area contributed by atoms with E-state index >= 15 is 0 Å². The first-order valence-electron chi connectivity index (χ1n) is 11.3. The summed E-state index contributed by atoms with van der Waals surface area (Å²) in [5.41, 5.74) is 7.20. The van der Waals surface area contributed by atoms with E-state index in [1.165, 1.54) is 5.56 Å². The zero-order valence-corrected chi connectivity index (χ0v) is 22.1. The van der Waals surface area contributed by atoms with Gasteiger partial charge >= 0.3 is 0 Å². The van der Waals surface area contributed by atoms with Crippen LogP contribution in [0.15, 0.2) is 103 Å². The molecule has 36 heavy (non-hydrogen) atoms. The standard InChI is InChI=1S/C17H12N.C14H12F2N.Ir/c1-3-7-14(8-4-1)16-11-12-17(18-13-16)15-9-5-2-6-10-15;1-10-5-6-14(17-9-10)12-4-2-3-11(7-15)13(12)8-16;/h1-9,11-13H;2-3,5-6,9H,7-8H2,1H3;/q2*-1;. The van der Waals surface area contributed by atoms with Gasteiger partial charge in [-0.25, -0.2) is 4.39 Å². The Morgan fingerprint density at radius 3 is 2.03 bits per heavy atom. The van der Waals surface area contributed by atoms with E-state index in [2.05, 4.69) is 40.3 Å². The van der Waals surface area contributed by atoms with Crippen molar-refractivity contribution >= 4 is 0 Å². The number of benzene rings is 3. The minimum atomic E-state index is -0.707. The Kier molecular flexibility index (Phi) is 10.2. The van der Waals surface area contributed by atoms with E-state index in [1.807, 2.05) is 67.7 Å². The van der Waals surface area contributed by atoms with Crippen molar-refractivity contribution in [2.45, 2.75) is 20.3 Å². The Morgan fingerprint density at radius 1 is 0.667 bits per heavy atom. The first-order valence-corrected chi connectivity index (χ1v) is 11.3. The third-order valence-electron chi connectivity index (χ3n) is 5.50. The third kappa shape index (κ3) is 6.78. The van der Waals surface area contributed by atoms with Crippen LogP contribution in [0.5, 0.6) is 0 Å². The fourth-order valence-corrected chi connectivity index (χ4v) is 3.60. The predicted molar refractivity (Wildman–Crippen MR) is 137 cm³/mol. The summed E-state index contributed by atoms with van der Waals surface area (Å²) < 4.78 is 25.7. The summed E-state index contributed by atoms with van der Waals surface area (Å²) in [7, 11) is 0. The largest absolute Gasteiger partial charge is 0.304 e. The van der Waals surface area contributed by atoms with E-state index in [1.54, 1.807) is 24.4 Å². The second kappa shape index (κ2) is 13.5. The molecule has 0 aliphatic carbocycles. The quantitative estimate of drug-likeness (QED) is 0.180. The molecule has 2 nitrogen and oxygen atoms in total. The van der Waals surface area contributed by atoms with Gasteiger partial charge in [0.1, 0.15) is 0 Å². The van der Waals surface area contributed by atoms with Gasteiger partial charge in [0.25, 0.3) is 0 Å². The number of aromatic nitrogens is 2. The van der Waals surface area contributed by atoms with Crippen LogP contribution in [0.2, 0.25) is 0 Å². The molecule has 0 saturated heterocycles. The van der Waals surface area contributed by atoms with Crippen LogP contribution < -0.4 is 0 Å². The van der Waals surface area contributed by atoms with E-state index in [9.17, 15) is 8.78 Å². The maximum atomic E-state index is 13.0. The third-order valence-corrected chi connectivity index (χ3v) is 5.50. The smallest absolute Gasteiger partial charge is 0.0982 e. The monoisotopic (exact) mass is 655 g/mol. The first-order chi connectivity index (χ1) is 17.2. The average Bonchev–Trinajstić information content (AvgIpc) is 2.94. The molecule has 1 radical (unpaired) electrons. The molecule has 0 spiro atoms. The summed E-state index contributed by atoms with van der Waals surface area (Å²) in [6.45, 7) is 0.544. The van der Waals surface area contributed by atoms with Crippen LogP contribution in [0.1, 0.15) is 16.7 Å². The molecule has 2 aromatic heterocycles. The van der Waals surface area contributed by atoms with Crippen molar-refractivity contribution in [3.05, 3.63) is 132 Å². The van der Waals surface area contributed by atoms with Crippen LogP contribution >= 0.6 is 0 Å². The fraction of sp³-hybridized carbons (Fsp3) is 0.0968. The Hall–Kier alpha value is -3.53. The van der Waals surface area contributed by atoms with Crippen molar-refractivity contribution in [3.8, 4) is 33.6 Å². The maximum absolute atomic E-state index is 13.0. The number of halogens is 2. The molecule has 183 valence electrons. The minimum Gasteiger partial charge on any atom is -0.304 e. The van der Waals surface area contributed by atoms with E-state index in [0.717, 1.165) is 22.4 Å². The molecule has 0 fully saturated rings. The second-order valence-corrected chi connectivity index (χ2v) is 7.92. The SMILES string of the molecule is Cc1ccc(-c2[c-]ccc(CF)c2CF)nc1.[Ir].[c-]1ccccc1-c1ccc(-c2ccccc2)cn1. The number of pyridine rings is 2. The summed E-state index contributed by atoms with van der Waals surface area (Å²) in [4.78, 5) is 8.71. The molecule has 0 atom stereocenters. The predicted octanol–water partition coefficient (Wildman–Crippen LogP) is 8.01. The van der Waals surface area contributed by atoms with E-state index in [0.29, 0.717) is 22.4 Å². The van der Waals surface area contributed by atoms with Gasteiger partial charge in [0.05, 0.1) is 13.3 Å². The average molecular weight is 655 g/mol. The molecular weight excluding hydrogens is 631 g/mol. The number of alkyl halides is 2. The molecular formula is C31H24F2IrN2-2. The van der Waals surface area contributed by atoms with Gasteiger partial charge in [0.15, 0.2) is 0 Å². The zero-order valence-electron chi connectivity index (χ0n) is 19.7. The summed E-state index contributed by atoms with van der Waals surface area (Å²) in [5, 5.41) is 0. The van der Waals surface area contributed by atoms with Gasteiger partial charge in [-0.15, -0.1) is 59.7 Å². The topological polar surface area (TPSA) is 25.8 Å². The zero-order chi connectivity index (χ0) is 24.5. The summed E-state index contributed by atoms with van der Waals surface area (Å²) in [6.07, 6.45) is 3.61. The first kappa shape index (κ1) is 27.1. The van der Waals surface area contributed by atoms with E-state index < -0.39 is 13.3 Å². The molecule has 3 aromatic carbocycles. The Bertz CT molecular complexity index is 1280. The van der Waals surface area contributed by atoms with Gasteiger partial charge in [0.2, 0.25) is 0 Å². The van der Waals surface area contributed by atoms with Crippen LogP contribution in [-0.2, 0) is 33.5 Å². The van der Waals surface area contributed by atoms with Crippen molar-refractivity contribution in [3.63, 3.8) is 0 Å². The van der Waals surface area contributed by atoms with Gasteiger partial charge in [-0.2, -0.15) is 0 Å². The van der Waals surface area contributed by atoms with Crippen LogP contribution in [0, 0.1) is 19.1 Å². The van der Waals surface area contributed by atoms with Crippen LogP contribution in [0.4, 0.5) is 8.78 Å². The molecule has 0 unspecified atom stereocenters. The van der Waals surface area contributed by atoms with E-state index in [4.69, 9.17) is 0 Å². The fourth-order valence-electron chi connectivity index (χ4n) is 3.60. The molecule has 0 amide bonds. The second-order valence-electron chi connectivity index (χ2n) is 7.92. The number of aryl methyl sites for hydroxylation is 1. The van der Waals surface area contributed by atoms with Crippen molar-refractivity contribution < 1.29 is 28.9 Å². The van der Waals surface area contributed by atoms with Gasteiger partial charge in [-0.05, 0) is 35.0 Å². The molecule has 0 bridgehead atoms. The molecule has 0 aliphatic heterocycles. The number of hydrogen-bond donors (Lipinski definition) is 0. The summed E-state index contributed by atoms with van der Waals surface area (Å²) >= 11 is 0. The number of hydrogen-bond acceptors (Lipinski definition) is 2. The van der Waals surface area contributed by atoms with Gasteiger partial charge in [0, 0.05) is 32.5 Å². The number of nitrogens with zero attached hydrogens (tertiary/aromatic N) is 2. The van der Waals surface area contributed by atoms with Gasteiger partial charge < -0.3 is 9.97 Å². The molecule has 5 rings (SSSR count). The van der Waals surface area contributed by atoms with Crippen molar-refractivity contribution in [1.29, 1.82) is 0 Å². The van der Waals surface area contributed by atoms with Crippen LogP contribution in [0.3, 0.4) is 0 Å². The molecule has 0 N–H and O–H groups in total. The minimum absolute atomic E-state index is 0. The molecule has 5 heteroatoms. The van der Waals surface area contributed by atoms with Crippen molar-refractivity contribution in [2.75, 3.05) is 0 Å². The van der Waals surface area contributed by atoms with Crippen molar-refractivity contribution in [1.82, 2.24) is 9.97 Å². The van der Waals surface area contributed by atoms with Crippen molar-refractivity contribution in [2.24, 2.45) is 0 Å². The van der Waals surface area contributed by atoms with Crippen LogP contribution in [-0.4, -0.2) is 9.97 Å². The van der Waals surface area contributed by atoms with Gasteiger partial charge in [-0.3, -0.25) is 4.39 Å².